The van der Waals surface area contributed by atoms with Crippen LogP contribution >= 0.6 is 11.3 Å². The van der Waals surface area contributed by atoms with Gasteiger partial charge in [0, 0.05) is 48.5 Å². The smallest absolute Gasteiger partial charge is 0.136 e. The number of fused-ring (bicyclic) bond motifs is 1. The van der Waals surface area contributed by atoms with Crippen molar-refractivity contribution in [3.05, 3.63) is 65.8 Å². The number of nitrogen functional groups attached to an aromatic ring is 1. The van der Waals surface area contributed by atoms with Gasteiger partial charge in [0.15, 0.2) is 0 Å². The van der Waals surface area contributed by atoms with Gasteiger partial charge in [-0.1, -0.05) is 37.5 Å². The van der Waals surface area contributed by atoms with E-state index >= 15 is 0 Å². The highest BCUT2D eigenvalue weighted by Crippen LogP contribution is 2.47. The van der Waals surface area contributed by atoms with Crippen LogP contribution < -0.4 is 10.5 Å². The normalized spacial score (nSPS) is 22.9. The van der Waals surface area contributed by atoms with Crippen molar-refractivity contribution >= 4 is 28.1 Å². The first-order valence-electron chi connectivity index (χ1n) is 16.0. The maximum absolute atomic E-state index is 6.48. The number of aromatic nitrogens is 2. The SMILES string of the molecule is Nc1ncnc2c(C3CCC(N4CCN(CC5CCCCC5)CC4)CC3)sc(-c3ccc(Oc4ccccc4)cc3)c12. The summed E-state index contributed by atoms with van der Waals surface area (Å²) < 4.78 is 6.03. The number of nitrogens with two attached hydrogens (primary N) is 1. The van der Waals surface area contributed by atoms with Crippen LogP contribution in [0.25, 0.3) is 21.3 Å². The predicted octanol–water partition coefficient (Wildman–Crippen LogP) is 7.96. The summed E-state index contributed by atoms with van der Waals surface area (Å²) in [6, 6.07) is 19.0. The number of nitrogens with zero attached hydrogens (tertiary/aromatic N) is 4. The van der Waals surface area contributed by atoms with Gasteiger partial charge in [-0.25, -0.2) is 9.97 Å². The lowest BCUT2D eigenvalue weighted by Crippen LogP contribution is -2.51. The topological polar surface area (TPSA) is 67.5 Å². The molecule has 7 rings (SSSR count). The first-order valence-corrected chi connectivity index (χ1v) is 16.9. The zero-order valence-corrected chi connectivity index (χ0v) is 25.4. The van der Waals surface area contributed by atoms with Crippen LogP contribution in [0.5, 0.6) is 11.5 Å². The van der Waals surface area contributed by atoms with E-state index in [4.69, 9.17) is 15.5 Å². The lowest BCUT2D eigenvalue weighted by atomic mass is 9.83. The number of para-hydroxylation sites is 1. The molecule has 1 aliphatic heterocycles. The van der Waals surface area contributed by atoms with Gasteiger partial charge in [-0.15, -0.1) is 11.3 Å². The van der Waals surface area contributed by atoms with E-state index in [-0.39, 0.29) is 0 Å². The molecule has 3 heterocycles. The number of hydrogen-bond donors (Lipinski definition) is 1. The molecule has 0 unspecified atom stereocenters. The van der Waals surface area contributed by atoms with Crippen LogP contribution in [0.2, 0.25) is 0 Å². The van der Waals surface area contributed by atoms with Crippen molar-refractivity contribution in [2.75, 3.05) is 38.5 Å². The van der Waals surface area contributed by atoms with Gasteiger partial charge < -0.3 is 15.4 Å². The van der Waals surface area contributed by atoms with Gasteiger partial charge in [0.2, 0.25) is 0 Å². The fourth-order valence-electron chi connectivity index (χ4n) is 7.55. The van der Waals surface area contributed by atoms with Gasteiger partial charge >= 0.3 is 0 Å². The van der Waals surface area contributed by atoms with Gasteiger partial charge in [-0.2, -0.15) is 0 Å². The number of hydrogen-bond acceptors (Lipinski definition) is 7. The molecule has 2 saturated carbocycles. The number of ether oxygens (including phenoxy) is 1. The molecule has 0 radical (unpaired) electrons. The van der Waals surface area contributed by atoms with E-state index < -0.39 is 0 Å². The zero-order valence-electron chi connectivity index (χ0n) is 24.6. The van der Waals surface area contributed by atoms with Crippen LogP contribution in [0.1, 0.15) is 68.6 Å². The molecule has 1 saturated heterocycles. The Bertz CT molecular complexity index is 1450. The van der Waals surface area contributed by atoms with Gasteiger partial charge in [-0.3, -0.25) is 4.90 Å². The van der Waals surface area contributed by atoms with Gasteiger partial charge in [0.25, 0.3) is 0 Å². The molecular formula is C35H43N5OS. The maximum Gasteiger partial charge on any atom is 0.136 e. The van der Waals surface area contributed by atoms with Gasteiger partial charge in [0.1, 0.15) is 23.6 Å². The fourth-order valence-corrected chi connectivity index (χ4v) is 8.98. The van der Waals surface area contributed by atoms with E-state index in [0.29, 0.717) is 11.7 Å². The minimum absolute atomic E-state index is 0.532. The summed E-state index contributed by atoms with van der Waals surface area (Å²) in [5.41, 5.74) is 8.66. The summed E-state index contributed by atoms with van der Waals surface area (Å²) in [6.07, 6.45) is 13.9. The van der Waals surface area contributed by atoms with Crippen LogP contribution in [0.3, 0.4) is 0 Å². The summed E-state index contributed by atoms with van der Waals surface area (Å²) in [5, 5.41) is 1.01. The number of rotatable bonds is 7. The molecule has 4 aromatic rings. The van der Waals surface area contributed by atoms with E-state index in [9.17, 15) is 0 Å². The average molecular weight is 582 g/mol. The number of anilines is 1. The van der Waals surface area contributed by atoms with Crippen LogP contribution in [0, 0.1) is 5.92 Å². The van der Waals surface area contributed by atoms with Crippen LogP contribution in [-0.2, 0) is 0 Å². The third-order valence-electron chi connectivity index (χ3n) is 9.88. The summed E-state index contributed by atoms with van der Waals surface area (Å²) in [5.74, 6) is 3.71. The Morgan fingerprint density at radius 1 is 0.786 bits per heavy atom. The molecule has 6 nitrogen and oxygen atoms in total. The summed E-state index contributed by atoms with van der Waals surface area (Å²) >= 11 is 1.87. The second-order valence-corrected chi connectivity index (χ2v) is 13.6. The first-order chi connectivity index (χ1) is 20.7. The summed E-state index contributed by atoms with van der Waals surface area (Å²) in [4.78, 5) is 17.3. The second-order valence-electron chi connectivity index (χ2n) is 12.6. The van der Waals surface area contributed by atoms with E-state index in [1.807, 2.05) is 53.8 Å². The number of thiophene rings is 1. The minimum atomic E-state index is 0.532. The largest absolute Gasteiger partial charge is 0.457 e. The molecule has 2 aromatic heterocycles. The Labute approximate surface area is 253 Å². The zero-order chi connectivity index (χ0) is 28.3. The Morgan fingerprint density at radius 2 is 1.50 bits per heavy atom. The Hall–Kier alpha value is -3.00. The minimum Gasteiger partial charge on any atom is -0.457 e. The highest BCUT2D eigenvalue weighted by atomic mass is 32.1. The highest BCUT2D eigenvalue weighted by molar-refractivity contribution is 7.17. The quantitative estimate of drug-likeness (QED) is 0.239. The molecule has 3 aliphatic rings. The van der Waals surface area contributed by atoms with Crippen molar-refractivity contribution < 1.29 is 4.74 Å². The van der Waals surface area contributed by atoms with Crippen molar-refractivity contribution in [1.82, 2.24) is 19.8 Å². The lowest BCUT2D eigenvalue weighted by Gasteiger charge is -2.43. The molecule has 220 valence electrons. The predicted molar refractivity (Wildman–Crippen MR) is 173 cm³/mol. The standard InChI is InChI=1S/C35H43N5OS/c36-35-31-32(37-24-38-35)34(42-33(31)26-13-17-30(18-14-26)41-29-9-5-2-6-10-29)27-11-15-28(16-12-27)40-21-19-39(20-22-40)23-25-7-3-1-4-8-25/h2,5-6,9-10,13-14,17-18,24-25,27-28H,1,3-4,7-8,11-12,15-16,19-23H2,(H2,36,37,38). The molecule has 2 N–H and O–H groups in total. The fraction of sp³-hybridized carbons (Fsp3) is 0.486. The van der Waals surface area contributed by atoms with E-state index in [2.05, 4.69) is 26.9 Å². The Kier molecular flexibility index (Phi) is 8.41. The molecule has 0 atom stereocenters. The molecule has 7 heteroatoms. The third-order valence-corrected chi connectivity index (χ3v) is 11.3. The van der Waals surface area contributed by atoms with Crippen molar-refractivity contribution in [2.45, 2.75) is 69.7 Å². The van der Waals surface area contributed by atoms with Crippen LogP contribution in [0.4, 0.5) is 5.82 Å². The van der Waals surface area contributed by atoms with Crippen molar-refractivity contribution in [2.24, 2.45) is 5.92 Å². The summed E-state index contributed by atoms with van der Waals surface area (Å²) in [7, 11) is 0. The van der Waals surface area contributed by atoms with Crippen molar-refractivity contribution in [1.29, 1.82) is 0 Å². The molecule has 3 fully saturated rings. The molecular weight excluding hydrogens is 538 g/mol. The monoisotopic (exact) mass is 581 g/mol. The molecule has 0 bridgehead atoms. The highest BCUT2D eigenvalue weighted by Gasteiger charge is 2.32. The van der Waals surface area contributed by atoms with Gasteiger partial charge in [-0.05, 0) is 92.3 Å². The summed E-state index contributed by atoms with van der Waals surface area (Å²) in [6.45, 7) is 6.31. The van der Waals surface area contributed by atoms with E-state index in [0.717, 1.165) is 39.9 Å². The Balaban J connectivity index is 1.01. The maximum atomic E-state index is 6.48. The average Bonchev–Trinajstić information content (AvgIpc) is 3.44. The molecule has 2 aromatic carbocycles. The molecule has 0 spiro atoms. The third kappa shape index (κ3) is 6.05. The number of piperazine rings is 1. The van der Waals surface area contributed by atoms with Crippen molar-refractivity contribution in [3.8, 4) is 21.9 Å². The lowest BCUT2D eigenvalue weighted by molar-refractivity contribution is 0.0649. The van der Waals surface area contributed by atoms with Crippen LogP contribution in [-0.4, -0.2) is 58.5 Å². The molecule has 42 heavy (non-hydrogen) atoms. The van der Waals surface area contributed by atoms with E-state index in [1.54, 1.807) is 6.33 Å². The molecule has 2 aliphatic carbocycles. The second kappa shape index (κ2) is 12.7. The first kappa shape index (κ1) is 27.8. The Morgan fingerprint density at radius 3 is 2.24 bits per heavy atom. The van der Waals surface area contributed by atoms with Crippen molar-refractivity contribution in [3.63, 3.8) is 0 Å². The van der Waals surface area contributed by atoms with E-state index in [1.165, 1.54) is 100 Å². The molecule has 0 amide bonds. The van der Waals surface area contributed by atoms with Gasteiger partial charge in [0.05, 0.1) is 10.9 Å². The number of benzene rings is 2. The van der Waals surface area contributed by atoms with Crippen LogP contribution in [0.15, 0.2) is 60.9 Å².